The number of benzene rings is 2. The Morgan fingerprint density at radius 2 is 1.76 bits per heavy atom. The lowest BCUT2D eigenvalue weighted by molar-refractivity contribution is -0.138. The van der Waals surface area contributed by atoms with Crippen molar-refractivity contribution in [1.29, 1.82) is 0 Å². The van der Waals surface area contributed by atoms with Gasteiger partial charge in [-0.1, -0.05) is 30.3 Å². The molecule has 2 fully saturated rings. The van der Waals surface area contributed by atoms with Crippen molar-refractivity contribution in [2.24, 2.45) is 0 Å². The predicted molar refractivity (Wildman–Crippen MR) is 130 cm³/mol. The lowest BCUT2D eigenvalue weighted by atomic mass is 9.70. The average Bonchev–Trinajstić information content (AvgIpc) is 3.20. The van der Waals surface area contributed by atoms with Crippen LogP contribution in [-0.2, 0) is 34.0 Å². The first-order chi connectivity index (χ1) is 16.4. The maximum absolute atomic E-state index is 13.2. The van der Waals surface area contributed by atoms with E-state index >= 15 is 0 Å². The minimum absolute atomic E-state index is 0.168. The van der Waals surface area contributed by atoms with E-state index in [-0.39, 0.29) is 18.2 Å². The van der Waals surface area contributed by atoms with E-state index in [1.807, 2.05) is 12.1 Å². The standard InChI is InChI=1S/C25H29BN4O4/c26-25(9-8-22(31)28-24(25)33)30-16-20-19(23(30)32)2-1-3-21(20)27-14-17-4-6-18(7-5-17)15-29-10-12-34-13-11-29/h1-7,27H,8-16,26H2,(H,28,31,33). The van der Waals surface area contributed by atoms with Crippen molar-refractivity contribution >= 4 is 31.3 Å². The van der Waals surface area contributed by atoms with Gasteiger partial charge in [-0.15, -0.1) is 0 Å². The van der Waals surface area contributed by atoms with Gasteiger partial charge in [0.25, 0.3) is 5.91 Å². The van der Waals surface area contributed by atoms with Gasteiger partial charge in [0.1, 0.15) is 7.85 Å². The van der Waals surface area contributed by atoms with Crippen molar-refractivity contribution in [2.45, 2.75) is 37.9 Å². The van der Waals surface area contributed by atoms with Crippen molar-refractivity contribution < 1.29 is 19.1 Å². The summed E-state index contributed by atoms with van der Waals surface area (Å²) < 4.78 is 5.42. The number of imide groups is 1. The maximum atomic E-state index is 13.2. The first-order valence-corrected chi connectivity index (χ1v) is 11.8. The lowest BCUT2D eigenvalue weighted by Crippen LogP contribution is -2.63. The van der Waals surface area contributed by atoms with Crippen LogP contribution in [0.15, 0.2) is 42.5 Å². The number of hydrogen-bond donors (Lipinski definition) is 2. The number of hydrogen-bond acceptors (Lipinski definition) is 6. The molecule has 2 aromatic carbocycles. The summed E-state index contributed by atoms with van der Waals surface area (Å²) in [6, 6.07) is 14.2. The molecule has 2 aromatic rings. The first kappa shape index (κ1) is 22.6. The highest BCUT2D eigenvalue weighted by molar-refractivity contribution is 6.32. The van der Waals surface area contributed by atoms with Gasteiger partial charge in [-0.3, -0.25) is 24.6 Å². The molecule has 3 aliphatic heterocycles. The lowest BCUT2D eigenvalue weighted by Gasteiger charge is -2.40. The number of carbonyl (C=O) groups is 3. The highest BCUT2D eigenvalue weighted by Gasteiger charge is 2.48. The van der Waals surface area contributed by atoms with E-state index in [0.717, 1.165) is 49.7 Å². The highest BCUT2D eigenvalue weighted by atomic mass is 16.5. The first-order valence-electron chi connectivity index (χ1n) is 11.8. The molecule has 0 aromatic heterocycles. The molecule has 3 heterocycles. The van der Waals surface area contributed by atoms with Gasteiger partial charge in [-0.25, -0.2) is 0 Å². The molecule has 0 bridgehead atoms. The third-order valence-corrected chi connectivity index (χ3v) is 7.16. The zero-order valence-corrected chi connectivity index (χ0v) is 19.4. The molecule has 8 nitrogen and oxygen atoms in total. The summed E-state index contributed by atoms with van der Waals surface area (Å²) in [7, 11) is 1.74. The third kappa shape index (κ3) is 4.33. The summed E-state index contributed by atoms with van der Waals surface area (Å²) >= 11 is 0. The second-order valence-electron chi connectivity index (χ2n) is 9.43. The van der Waals surface area contributed by atoms with Crippen LogP contribution in [0.2, 0.25) is 0 Å². The number of anilines is 1. The molecule has 0 spiro atoms. The van der Waals surface area contributed by atoms with Crippen LogP contribution in [0.1, 0.15) is 39.9 Å². The van der Waals surface area contributed by atoms with Gasteiger partial charge in [0.2, 0.25) is 11.8 Å². The molecule has 0 saturated carbocycles. The number of nitrogens with one attached hydrogen (secondary N) is 2. The molecule has 1 atom stereocenters. The van der Waals surface area contributed by atoms with Crippen molar-refractivity contribution in [2.75, 3.05) is 31.6 Å². The topological polar surface area (TPSA) is 91.0 Å². The smallest absolute Gasteiger partial charge is 0.254 e. The number of ether oxygens (including phenoxy) is 1. The van der Waals surface area contributed by atoms with Crippen LogP contribution in [-0.4, -0.2) is 67.1 Å². The highest BCUT2D eigenvalue weighted by Crippen LogP contribution is 2.35. The fraction of sp³-hybridized carbons (Fsp3) is 0.400. The van der Waals surface area contributed by atoms with Crippen LogP contribution < -0.4 is 10.6 Å². The summed E-state index contributed by atoms with van der Waals surface area (Å²) in [5, 5.41) is 5.87. The van der Waals surface area contributed by atoms with Gasteiger partial charge in [0.05, 0.1) is 18.7 Å². The number of nitrogens with zero attached hydrogens (tertiary/aromatic N) is 2. The van der Waals surface area contributed by atoms with E-state index in [1.54, 1.807) is 18.8 Å². The zero-order valence-electron chi connectivity index (χ0n) is 19.4. The predicted octanol–water partition coefficient (Wildman–Crippen LogP) is 0.853. The van der Waals surface area contributed by atoms with Crippen molar-refractivity contribution in [3.8, 4) is 0 Å². The molecular formula is C25H29BN4O4. The summed E-state index contributed by atoms with van der Waals surface area (Å²) in [5.41, 5.74) is 3.80. The molecule has 3 aliphatic rings. The van der Waals surface area contributed by atoms with E-state index in [9.17, 15) is 14.4 Å². The SMILES string of the molecule is BC1(N2Cc3c(NCc4ccc(CN5CCOCC5)cc4)cccc3C2=O)CCC(=O)NC1=O. The zero-order chi connectivity index (χ0) is 23.7. The van der Waals surface area contributed by atoms with Gasteiger partial charge in [-0.05, 0) is 29.7 Å². The molecule has 5 rings (SSSR count). The van der Waals surface area contributed by atoms with E-state index in [2.05, 4.69) is 39.8 Å². The molecule has 0 aliphatic carbocycles. The normalized spacial score (nSPS) is 23.1. The number of amides is 3. The van der Waals surface area contributed by atoms with Gasteiger partial charge in [0.15, 0.2) is 0 Å². The van der Waals surface area contributed by atoms with Crippen LogP contribution in [0.4, 0.5) is 5.69 Å². The average molecular weight is 460 g/mol. The van der Waals surface area contributed by atoms with Crippen LogP contribution in [0, 0.1) is 0 Å². The summed E-state index contributed by atoms with van der Waals surface area (Å²) in [6.07, 6.45) is 0.561. The molecule has 1 unspecified atom stereocenters. The molecular weight excluding hydrogens is 431 g/mol. The Morgan fingerprint density at radius 3 is 2.50 bits per heavy atom. The minimum atomic E-state index is -1.03. The van der Waals surface area contributed by atoms with Gasteiger partial charge in [-0.2, -0.15) is 0 Å². The van der Waals surface area contributed by atoms with Crippen molar-refractivity contribution in [1.82, 2.24) is 15.1 Å². The molecule has 9 heteroatoms. The van der Waals surface area contributed by atoms with E-state index in [1.165, 1.54) is 5.56 Å². The van der Waals surface area contributed by atoms with Crippen molar-refractivity contribution in [3.05, 3.63) is 64.7 Å². The Labute approximate surface area is 200 Å². The minimum Gasteiger partial charge on any atom is -0.381 e. The van der Waals surface area contributed by atoms with Crippen molar-refractivity contribution in [3.63, 3.8) is 0 Å². The summed E-state index contributed by atoms with van der Waals surface area (Å²) in [4.78, 5) is 41.4. The number of piperidine rings is 1. The van der Waals surface area contributed by atoms with E-state index in [0.29, 0.717) is 25.1 Å². The van der Waals surface area contributed by atoms with Gasteiger partial charge in [0, 0.05) is 56.0 Å². The quantitative estimate of drug-likeness (QED) is 0.491. The third-order valence-electron chi connectivity index (χ3n) is 7.16. The maximum Gasteiger partial charge on any atom is 0.254 e. The number of morpholine rings is 1. The van der Waals surface area contributed by atoms with Crippen LogP contribution in [0.25, 0.3) is 0 Å². The molecule has 2 N–H and O–H groups in total. The Kier molecular flexibility index (Phi) is 6.14. The molecule has 176 valence electrons. The summed E-state index contributed by atoms with van der Waals surface area (Å²) in [5.74, 6) is -0.861. The Bertz CT molecular complexity index is 1120. The molecule has 0 radical (unpaired) electrons. The second kappa shape index (κ2) is 9.23. The van der Waals surface area contributed by atoms with E-state index < -0.39 is 11.3 Å². The Morgan fingerprint density at radius 1 is 1.03 bits per heavy atom. The van der Waals surface area contributed by atoms with Crippen LogP contribution in [0.5, 0.6) is 0 Å². The van der Waals surface area contributed by atoms with Crippen LogP contribution >= 0.6 is 0 Å². The number of fused-ring (bicyclic) bond motifs is 1. The second-order valence-corrected chi connectivity index (χ2v) is 9.43. The summed E-state index contributed by atoms with van der Waals surface area (Å²) in [6.45, 7) is 5.43. The number of rotatable bonds is 6. The van der Waals surface area contributed by atoms with Crippen LogP contribution in [0.3, 0.4) is 0 Å². The van der Waals surface area contributed by atoms with Gasteiger partial charge < -0.3 is 15.0 Å². The fourth-order valence-corrected chi connectivity index (χ4v) is 4.93. The monoisotopic (exact) mass is 460 g/mol. The Balaban J connectivity index is 1.25. The molecule has 3 amide bonds. The molecule has 2 saturated heterocycles. The largest absolute Gasteiger partial charge is 0.381 e. The molecule has 34 heavy (non-hydrogen) atoms. The van der Waals surface area contributed by atoms with Gasteiger partial charge >= 0.3 is 0 Å². The fourth-order valence-electron chi connectivity index (χ4n) is 4.93. The Hall–Kier alpha value is -3.17. The van der Waals surface area contributed by atoms with E-state index in [4.69, 9.17) is 4.74 Å². The number of carbonyl (C=O) groups excluding carboxylic acids is 3.